The van der Waals surface area contributed by atoms with Gasteiger partial charge in [-0.15, -0.1) is 0 Å². The highest BCUT2D eigenvalue weighted by Gasteiger charge is 2.04. The Bertz CT molecular complexity index is 590. The molecular formula is C13H9BrN2O. The van der Waals surface area contributed by atoms with Crippen molar-refractivity contribution in [3.8, 4) is 17.7 Å². The molecule has 2 aromatic rings. The third kappa shape index (κ3) is 2.83. The summed E-state index contributed by atoms with van der Waals surface area (Å²) in [6.45, 7) is 2.00. The number of benzene rings is 1. The van der Waals surface area contributed by atoms with Crippen LogP contribution in [0.4, 0.5) is 0 Å². The summed E-state index contributed by atoms with van der Waals surface area (Å²) in [6, 6.07) is 11.1. The van der Waals surface area contributed by atoms with Gasteiger partial charge in [0.05, 0.1) is 16.1 Å². The maximum absolute atomic E-state index is 8.78. The fraction of sp³-hybridized carbons (Fsp3) is 0.0769. The predicted molar refractivity (Wildman–Crippen MR) is 67.9 cm³/mol. The zero-order valence-corrected chi connectivity index (χ0v) is 10.7. The highest BCUT2D eigenvalue weighted by Crippen LogP contribution is 2.29. The van der Waals surface area contributed by atoms with E-state index < -0.39 is 0 Å². The first-order chi connectivity index (χ1) is 8.19. The third-order valence-corrected chi connectivity index (χ3v) is 2.79. The van der Waals surface area contributed by atoms with Gasteiger partial charge in [0.25, 0.3) is 0 Å². The highest BCUT2D eigenvalue weighted by molar-refractivity contribution is 9.10. The fourth-order valence-corrected chi connectivity index (χ4v) is 1.91. The molecule has 0 spiro atoms. The van der Waals surface area contributed by atoms with Crippen LogP contribution in [-0.2, 0) is 0 Å². The number of aromatic nitrogens is 1. The summed E-state index contributed by atoms with van der Waals surface area (Å²) in [5.74, 6) is 1.09. The summed E-state index contributed by atoms with van der Waals surface area (Å²) >= 11 is 3.42. The van der Waals surface area contributed by atoms with Gasteiger partial charge in [-0.1, -0.05) is 6.07 Å². The molecule has 0 saturated heterocycles. The van der Waals surface area contributed by atoms with Gasteiger partial charge in [-0.2, -0.15) is 5.26 Å². The van der Waals surface area contributed by atoms with Crippen molar-refractivity contribution in [3.05, 3.63) is 52.1 Å². The second-order valence-electron chi connectivity index (χ2n) is 3.53. The van der Waals surface area contributed by atoms with Gasteiger partial charge in [0.2, 0.25) is 5.88 Å². The Morgan fingerprint density at radius 2 is 2.12 bits per heavy atom. The minimum absolute atomic E-state index is 0.411. The number of halogens is 1. The molecule has 84 valence electrons. The molecule has 4 heteroatoms. The summed E-state index contributed by atoms with van der Waals surface area (Å²) in [6.07, 6.45) is 1.55. The lowest BCUT2D eigenvalue weighted by molar-refractivity contribution is 0.460. The molecule has 0 atom stereocenters. The van der Waals surface area contributed by atoms with Crippen molar-refractivity contribution in [2.24, 2.45) is 0 Å². The van der Waals surface area contributed by atoms with E-state index in [0.717, 1.165) is 10.0 Å². The van der Waals surface area contributed by atoms with E-state index in [2.05, 4.69) is 20.9 Å². The molecule has 0 aliphatic rings. The van der Waals surface area contributed by atoms with E-state index in [0.29, 0.717) is 17.2 Å². The van der Waals surface area contributed by atoms with Gasteiger partial charge in [-0.25, -0.2) is 4.98 Å². The quantitative estimate of drug-likeness (QED) is 0.844. The molecule has 0 radical (unpaired) electrons. The van der Waals surface area contributed by atoms with Crippen LogP contribution in [0.2, 0.25) is 0 Å². The van der Waals surface area contributed by atoms with Crippen molar-refractivity contribution in [2.45, 2.75) is 6.92 Å². The number of rotatable bonds is 2. The summed E-state index contributed by atoms with van der Waals surface area (Å²) in [7, 11) is 0. The van der Waals surface area contributed by atoms with E-state index in [1.165, 1.54) is 0 Å². The molecule has 2 rings (SSSR count). The lowest BCUT2D eigenvalue weighted by Crippen LogP contribution is -1.89. The Morgan fingerprint density at radius 1 is 1.29 bits per heavy atom. The molecule has 0 unspecified atom stereocenters. The van der Waals surface area contributed by atoms with Gasteiger partial charge < -0.3 is 4.74 Å². The van der Waals surface area contributed by atoms with Crippen molar-refractivity contribution < 1.29 is 4.74 Å². The number of ether oxygens (including phenoxy) is 1. The van der Waals surface area contributed by atoms with E-state index in [9.17, 15) is 0 Å². The van der Waals surface area contributed by atoms with E-state index in [-0.39, 0.29) is 0 Å². The molecule has 0 fully saturated rings. The monoisotopic (exact) mass is 288 g/mol. The van der Waals surface area contributed by atoms with Crippen LogP contribution in [0.5, 0.6) is 11.6 Å². The van der Waals surface area contributed by atoms with Crippen molar-refractivity contribution in [1.82, 2.24) is 4.98 Å². The summed E-state index contributed by atoms with van der Waals surface area (Å²) in [5, 5.41) is 8.78. The first-order valence-corrected chi connectivity index (χ1v) is 5.78. The molecular weight excluding hydrogens is 280 g/mol. The third-order valence-electron chi connectivity index (χ3n) is 2.17. The molecule has 1 aromatic heterocycles. The second-order valence-corrected chi connectivity index (χ2v) is 4.38. The first-order valence-electron chi connectivity index (χ1n) is 4.99. The zero-order chi connectivity index (χ0) is 12.3. The van der Waals surface area contributed by atoms with Crippen LogP contribution in [-0.4, -0.2) is 4.98 Å². The smallest absolute Gasteiger partial charge is 0.220 e. The minimum Gasteiger partial charge on any atom is -0.438 e. The summed E-state index contributed by atoms with van der Waals surface area (Å²) in [4.78, 5) is 4.05. The van der Waals surface area contributed by atoms with Crippen LogP contribution in [0, 0.1) is 18.3 Å². The second kappa shape index (κ2) is 4.98. The topological polar surface area (TPSA) is 45.9 Å². The van der Waals surface area contributed by atoms with E-state index in [4.69, 9.17) is 10.00 Å². The van der Waals surface area contributed by atoms with Crippen LogP contribution < -0.4 is 4.74 Å². The molecule has 0 aliphatic carbocycles. The lowest BCUT2D eigenvalue weighted by Gasteiger charge is -2.07. The molecule has 0 aliphatic heterocycles. The average molecular weight is 289 g/mol. The van der Waals surface area contributed by atoms with Gasteiger partial charge >= 0.3 is 0 Å². The van der Waals surface area contributed by atoms with Crippen molar-refractivity contribution in [3.63, 3.8) is 0 Å². The average Bonchev–Trinajstić information content (AvgIpc) is 2.33. The van der Waals surface area contributed by atoms with Gasteiger partial charge in [-0.3, -0.25) is 0 Å². The summed E-state index contributed by atoms with van der Waals surface area (Å²) < 4.78 is 6.46. The largest absolute Gasteiger partial charge is 0.438 e. The van der Waals surface area contributed by atoms with E-state index >= 15 is 0 Å². The molecule has 0 saturated carbocycles. The Kier molecular flexibility index (Phi) is 3.40. The van der Waals surface area contributed by atoms with Crippen molar-refractivity contribution in [2.75, 3.05) is 0 Å². The predicted octanol–water partition coefficient (Wildman–Crippen LogP) is 3.82. The summed E-state index contributed by atoms with van der Waals surface area (Å²) in [5.41, 5.74) is 1.67. The lowest BCUT2D eigenvalue weighted by atomic mass is 10.2. The zero-order valence-electron chi connectivity index (χ0n) is 9.14. The Hall–Kier alpha value is -1.86. The number of hydrogen-bond donors (Lipinski definition) is 0. The Balaban J connectivity index is 2.28. The first kappa shape index (κ1) is 11.6. The number of nitriles is 1. The van der Waals surface area contributed by atoms with Crippen LogP contribution >= 0.6 is 15.9 Å². The van der Waals surface area contributed by atoms with Crippen molar-refractivity contribution in [1.29, 1.82) is 5.26 Å². The number of nitrogens with zero attached hydrogens (tertiary/aromatic N) is 2. The molecule has 17 heavy (non-hydrogen) atoms. The maximum Gasteiger partial charge on any atom is 0.220 e. The normalized spacial score (nSPS) is 9.71. The molecule has 0 amide bonds. The minimum atomic E-state index is 0.411. The van der Waals surface area contributed by atoms with Gasteiger partial charge in [-0.05, 0) is 46.6 Å². The highest BCUT2D eigenvalue weighted by atomic mass is 79.9. The van der Waals surface area contributed by atoms with E-state index in [1.807, 2.05) is 31.2 Å². The standard InChI is InChI=1S/C13H9BrN2O/c1-9-2-3-12(11(14)6-9)17-13-7-10(8-15)4-5-16-13/h2-7H,1H3. The van der Waals surface area contributed by atoms with Crippen molar-refractivity contribution >= 4 is 15.9 Å². The SMILES string of the molecule is Cc1ccc(Oc2cc(C#N)ccn2)c(Br)c1. The van der Waals surface area contributed by atoms with Gasteiger partial charge in [0.15, 0.2) is 0 Å². The molecule has 0 bridgehead atoms. The van der Waals surface area contributed by atoms with Gasteiger partial charge in [0.1, 0.15) is 5.75 Å². The molecule has 0 N–H and O–H groups in total. The molecule has 1 aromatic carbocycles. The van der Waals surface area contributed by atoms with Crippen LogP contribution in [0.15, 0.2) is 41.0 Å². The fourth-order valence-electron chi connectivity index (χ4n) is 1.34. The Labute approximate surface area is 108 Å². The molecule has 3 nitrogen and oxygen atoms in total. The number of aryl methyl sites for hydroxylation is 1. The Morgan fingerprint density at radius 3 is 2.82 bits per heavy atom. The van der Waals surface area contributed by atoms with E-state index in [1.54, 1.807) is 18.3 Å². The maximum atomic E-state index is 8.78. The van der Waals surface area contributed by atoms with Crippen LogP contribution in [0.3, 0.4) is 0 Å². The van der Waals surface area contributed by atoms with Crippen LogP contribution in [0.1, 0.15) is 11.1 Å². The molecule has 1 heterocycles. The van der Waals surface area contributed by atoms with Crippen LogP contribution in [0.25, 0.3) is 0 Å². The number of hydrogen-bond acceptors (Lipinski definition) is 3. The van der Waals surface area contributed by atoms with Gasteiger partial charge in [0, 0.05) is 12.3 Å². The number of pyridine rings is 1.